The molecule has 4 rings (SSSR count). The summed E-state index contributed by atoms with van der Waals surface area (Å²) in [5.41, 5.74) is 2.64. The van der Waals surface area contributed by atoms with E-state index in [0.29, 0.717) is 53.9 Å². The molecule has 8 heteroatoms. The van der Waals surface area contributed by atoms with Gasteiger partial charge in [0.1, 0.15) is 0 Å². The highest BCUT2D eigenvalue weighted by molar-refractivity contribution is 6.30. The lowest BCUT2D eigenvalue weighted by atomic mass is 10.1. The lowest BCUT2D eigenvalue weighted by molar-refractivity contribution is 0.0535. The number of nitrogens with zero attached hydrogens (tertiary/aromatic N) is 4. The van der Waals surface area contributed by atoms with Gasteiger partial charge in [0.15, 0.2) is 0 Å². The van der Waals surface area contributed by atoms with Crippen LogP contribution in [0.4, 0.5) is 0 Å². The number of hydrogen-bond donors (Lipinski definition) is 0. The fourth-order valence-electron chi connectivity index (χ4n) is 3.46. The summed E-state index contributed by atoms with van der Waals surface area (Å²) in [5, 5.41) is 8.72. The van der Waals surface area contributed by atoms with Crippen molar-refractivity contribution in [1.29, 1.82) is 0 Å². The second kappa shape index (κ2) is 9.14. The molecule has 0 spiro atoms. The number of methoxy groups -OCH3 is 1. The molecule has 158 valence electrons. The molecule has 0 aliphatic carbocycles. The minimum absolute atomic E-state index is 0.0520. The van der Waals surface area contributed by atoms with Gasteiger partial charge in [0, 0.05) is 54.0 Å². The van der Waals surface area contributed by atoms with Gasteiger partial charge in [0.05, 0.1) is 12.8 Å². The number of piperazine rings is 1. The number of carbonyl (C=O) groups is 2. The molecule has 1 saturated heterocycles. The van der Waals surface area contributed by atoms with Gasteiger partial charge in [-0.15, -0.1) is 10.2 Å². The lowest BCUT2D eigenvalue weighted by Gasteiger charge is -2.35. The minimum Gasteiger partial charge on any atom is -0.480 e. The highest BCUT2D eigenvalue weighted by Gasteiger charge is 2.25. The zero-order valence-corrected chi connectivity index (χ0v) is 17.7. The highest BCUT2D eigenvalue weighted by Crippen LogP contribution is 2.21. The number of rotatable bonds is 4. The van der Waals surface area contributed by atoms with Gasteiger partial charge in [-0.25, -0.2) is 0 Å². The Bertz CT molecular complexity index is 1080. The van der Waals surface area contributed by atoms with Gasteiger partial charge in [-0.05, 0) is 42.5 Å². The van der Waals surface area contributed by atoms with E-state index in [0.717, 1.165) is 5.56 Å². The molecule has 2 aromatic carbocycles. The van der Waals surface area contributed by atoms with Crippen LogP contribution in [0, 0.1) is 0 Å². The molecule has 1 aliphatic rings. The summed E-state index contributed by atoms with van der Waals surface area (Å²) in [6.45, 7) is 1.92. The van der Waals surface area contributed by atoms with E-state index in [1.54, 1.807) is 52.3 Å². The Kier molecular flexibility index (Phi) is 6.13. The maximum Gasteiger partial charge on any atom is 0.253 e. The van der Waals surface area contributed by atoms with Crippen LogP contribution in [0.25, 0.3) is 11.3 Å². The Morgan fingerprint density at radius 3 is 2.06 bits per heavy atom. The van der Waals surface area contributed by atoms with Crippen molar-refractivity contribution >= 4 is 23.4 Å². The summed E-state index contributed by atoms with van der Waals surface area (Å²) in [6, 6.07) is 17.7. The van der Waals surface area contributed by atoms with E-state index in [-0.39, 0.29) is 11.8 Å². The van der Waals surface area contributed by atoms with Crippen LogP contribution >= 0.6 is 11.6 Å². The molecular formula is C23H21ClN4O3. The molecule has 0 N–H and O–H groups in total. The highest BCUT2D eigenvalue weighted by atomic mass is 35.5. The normalized spacial score (nSPS) is 13.7. The van der Waals surface area contributed by atoms with E-state index in [1.165, 1.54) is 7.11 Å². The average molecular weight is 437 g/mol. The Hall–Kier alpha value is -3.45. The molecule has 0 saturated carbocycles. The first-order valence-electron chi connectivity index (χ1n) is 9.87. The summed E-state index contributed by atoms with van der Waals surface area (Å²) in [6.07, 6.45) is 0. The van der Waals surface area contributed by atoms with Gasteiger partial charge in [-0.2, -0.15) is 0 Å². The number of aromatic nitrogens is 2. The predicted molar refractivity (Wildman–Crippen MR) is 117 cm³/mol. The summed E-state index contributed by atoms with van der Waals surface area (Å²) in [4.78, 5) is 29.2. The summed E-state index contributed by atoms with van der Waals surface area (Å²) in [5.74, 6) is 0.313. The van der Waals surface area contributed by atoms with E-state index >= 15 is 0 Å². The smallest absolute Gasteiger partial charge is 0.253 e. The standard InChI is InChI=1S/C23H21ClN4O3/c1-31-21-10-9-20(25-26-21)17-3-2-4-18(15-17)23(30)28-13-11-27(12-14-28)22(29)16-5-7-19(24)8-6-16/h2-10,15H,11-14H2,1H3. The zero-order valence-electron chi connectivity index (χ0n) is 17.0. The van der Waals surface area contributed by atoms with Crippen molar-refractivity contribution in [3.63, 3.8) is 0 Å². The number of halogens is 1. The van der Waals surface area contributed by atoms with Crippen molar-refractivity contribution < 1.29 is 14.3 Å². The third-order valence-corrected chi connectivity index (χ3v) is 5.45. The minimum atomic E-state index is -0.0677. The monoisotopic (exact) mass is 436 g/mol. The molecule has 2 amide bonds. The Balaban J connectivity index is 1.41. The third kappa shape index (κ3) is 4.67. The molecule has 0 unspecified atom stereocenters. The van der Waals surface area contributed by atoms with E-state index in [9.17, 15) is 9.59 Å². The number of benzene rings is 2. The summed E-state index contributed by atoms with van der Waals surface area (Å²) < 4.78 is 5.04. The van der Waals surface area contributed by atoms with Gasteiger partial charge in [-0.1, -0.05) is 23.7 Å². The maximum absolute atomic E-state index is 13.0. The molecule has 0 atom stereocenters. The largest absolute Gasteiger partial charge is 0.480 e. The van der Waals surface area contributed by atoms with E-state index in [1.807, 2.05) is 18.2 Å². The van der Waals surface area contributed by atoms with Crippen LogP contribution in [-0.4, -0.2) is 65.1 Å². The first-order valence-corrected chi connectivity index (χ1v) is 10.3. The number of ether oxygens (including phenoxy) is 1. The van der Waals surface area contributed by atoms with E-state index in [4.69, 9.17) is 16.3 Å². The third-order valence-electron chi connectivity index (χ3n) is 5.20. The van der Waals surface area contributed by atoms with E-state index < -0.39 is 0 Å². The fraction of sp³-hybridized carbons (Fsp3) is 0.217. The summed E-state index contributed by atoms with van der Waals surface area (Å²) in [7, 11) is 1.53. The number of hydrogen-bond acceptors (Lipinski definition) is 5. The van der Waals surface area contributed by atoms with Crippen molar-refractivity contribution in [3.8, 4) is 17.1 Å². The van der Waals surface area contributed by atoms with Crippen LogP contribution in [0.3, 0.4) is 0 Å². The predicted octanol–water partition coefficient (Wildman–Crippen LogP) is 3.40. The van der Waals surface area contributed by atoms with Crippen LogP contribution in [0.1, 0.15) is 20.7 Å². The summed E-state index contributed by atoms with van der Waals surface area (Å²) >= 11 is 5.90. The average Bonchev–Trinajstić information content (AvgIpc) is 2.84. The second-order valence-corrected chi connectivity index (χ2v) is 7.57. The molecule has 0 radical (unpaired) electrons. The molecule has 7 nitrogen and oxygen atoms in total. The lowest BCUT2D eigenvalue weighted by Crippen LogP contribution is -2.50. The van der Waals surface area contributed by atoms with Gasteiger partial charge in [0.25, 0.3) is 11.8 Å². The molecule has 1 aliphatic heterocycles. The van der Waals surface area contributed by atoms with Crippen LogP contribution < -0.4 is 4.74 Å². The van der Waals surface area contributed by atoms with Crippen LogP contribution in [0.5, 0.6) is 5.88 Å². The number of amides is 2. The first kappa shape index (κ1) is 20.8. The van der Waals surface area contributed by atoms with E-state index in [2.05, 4.69) is 10.2 Å². The van der Waals surface area contributed by atoms with Crippen LogP contribution in [0.2, 0.25) is 5.02 Å². The van der Waals surface area contributed by atoms with Gasteiger partial charge in [-0.3, -0.25) is 9.59 Å². The van der Waals surface area contributed by atoms with Crippen molar-refractivity contribution in [1.82, 2.24) is 20.0 Å². The van der Waals surface area contributed by atoms with Crippen LogP contribution in [-0.2, 0) is 0 Å². The van der Waals surface area contributed by atoms with Gasteiger partial charge in [0.2, 0.25) is 5.88 Å². The molecule has 3 aromatic rings. The Morgan fingerprint density at radius 2 is 1.48 bits per heavy atom. The van der Waals surface area contributed by atoms with Gasteiger partial charge < -0.3 is 14.5 Å². The molecular weight excluding hydrogens is 416 g/mol. The van der Waals surface area contributed by atoms with Crippen LogP contribution in [0.15, 0.2) is 60.7 Å². The molecule has 1 aromatic heterocycles. The zero-order chi connectivity index (χ0) is 21.8. The second-order valence-electron chi connectivity index (χ2n) is 7.13. The van der Waals surface area contributed by atoms with Crippen molar-refractivity contribution in [2.24, 2.45) is 0 Å². The quantitative estimate of drug-likeness (QED) is 0.626. The van der Waals surface area contributed by atoms with Crippen molar-refractivity contribution in [2.75, 3.05) is 33.3 Å². The first-order chi connectivity index (χ1) is 15.0. The van der Waals surface area contributed by atoms with Crippen molar-refractivity contribution in [2.45, 2.75) is 0 Å². The molecule has 2 heterocycles. The molecule has 1 fully saturated rings. The Morgan fingerprint density at radius 1 is 0.839 bits per heavy atom. The number of carbonyl (C=O) groups excluding carboxylic acids is 2. The van der Waals surface area contributed by atoms with Crippen molar-refractivity contribution in [3.05, 3.63) is 76.8 Å². The fourth-order valence-corrected chi connectivity index (χ4v) is 3.59. The SMILES string of the molecule is COc1ccc(-c2cccc(C(=O)N3CCN(C(=O)c4ccc(Cl)cc4)CC3)c2)nn1. The molecule has 0 bridgehead atoms. The molecule has 31 heavy (non-hydrogen) atoms. The topological polar surface area (TPSA) is 75.6 Å². The van der Waals surface area contributed by atoms with Gasteiger partial charge >= 0.3 is 0 Å². The Labute approximate surface area is 185 Å². The maximum atomic E-state index is 13.0.